The fraction of sp³-hybridized carbons (Fsp3) is 0.429. The summed E-state index contributed by atoms with van der Waals surface area (Å²) in [6, 6.07) is 7.76. The van der Waals surface area contributed by atoms with Crippen LogP contribution in [0.25, 0.3) is 0 Å². The van der Waals surface area contributed by atoms with E-state index in [1.807, 2.05) is 37.3 Å². The van der Waals surface area contributed by atoms with Gasteiger partial charge in [-0.3, -0.25) is 10.1 Å². The van der Waals surface area contributed by atoms with Crippen LogP contribution in [-0.4, -0.2) is 11.0 Å². The van der Waals surface area contributed by atoms with Crippen LogP contribution in [0.5, 0.6) is 0 Å². The maximum Gasteiger partial charge on any atom is 0.226 e. The average molecular weight is 229 g/mol. The largest absolute Gasteiger partial charge is 0.264 e. The zero-order valence-electron chi connectivity index (χ0n) is 9.74. The number of hydrogen-bond donors (Lipinski definition) is 0. The third kappa shape index (κ3) is 1.57. The molecule has 88 valence electrons. The Morgan fingerprint density at radius 1 is 1.18 bits per heavy atom. The molecule has 0 saturated heterocycles. The van der Waals surface area contributed by atoms with Crippen molar-refractivity contribution in [3.8, 4) is 0 Å². The minimum absolute atomic E-state index is 0.0700. The summed E-state index contributed by atoms with van der Waals surface area (Å²) in [7, 11) is 0. The fourth-order valence-corrected chi connectivity index (χ4v) is 3.32. The van der Waals surface area contributed by atoms with Gasteiger partial charge in [0.2, 0.25) is 6.04 Å². The van der Waals surface area contributed by atoms with Gasteiger partial charge in [0.1, 0.15) is 0 Å². The number of benzene rings is 1. The lowest BCUT2D eigenvalue weighted by Gasteiger charge is -2.22. The van der Waals surface area contributed by atoms with Gasteiger partial charge in [0.05, 0.1) is 5.92 Å². The molecule has 0 aliphatic heterocycles. The van der Waals surface area contributed by atoms with Gasteiger partial charge in [-0.05, 0) is 24.8 Å². The molecular formula is C14H15NO2. The van der Waals surface area contributed by atoms with Crippen LogP contribution in [0.15, 0.2) is 36.4 Å². The van der Waals surface area contributed by atoms with Crippen molar-refractivity contribution in [2.24, 2.45) is 11.8 Å². The molecule has 0 unspecified atom stereocenters. The lowest BCUT2D eigenvalue weighted by Crippen LogP contribution is -2.31. The monoisotopic (exact) mass is 229 g/mol. The van der Waals surface area contributed by atoms with Crippen LogP contribution < -0.4 is 0 Å². The Bertz CT molecular complexity index is 478. The topological polar surface area (TPSA) is 43.1 Å². The molecule has 1 aromatic carbocycles. The third-order valence-corrected chi connectivity index (χ3v) is 4.12. The third-order valence-electron chi connectivity index (χ3n) is 4.12. The molecule has 1 aromatic rings. The van der Waals surface area contributed by atoms with Gasteiger partial charge in [0, 0.05) is 10.8 Å². The summed E-state index contributed by atoms with van der Waals surface area (Å²) < 4.78 is 0. The highest BCUT2D eigenvalue weighted by Gasteiger charge is 2.52. The first-order chi connectivity index (χ1) is 8.16. The second-order valence-electron chi connectivity index (χ2n) is 5.16. The van der Waals surface area contributed by atoms with Gasteiger partial charge < -0.3 is 0 Å². The second kappa shape index (κ2) is 3.69. The summed E-state index contributed by atoms with van der Waals surface area (Å²) in [6.45, 7) is 2.04. The van der Waals surface area contributed by atoms with E-state index in [2.05, 4.69) is 6.08 Å². The first kappa shape index (κ1) is 10.5. The number of rotatable bonds is 2. The number of nitro groups is 1. The molecule has 3 heteroatoms. The van der Waals surface area contributed by atoms with Gasteiger partial charge in [0.15, 0.2) is 0 Å². The molecule has 3 nitrogen and oxygen atoms in total. The van der Waals surface area contributed by atoms with Gasteiger partial charge in [-0.15, -0.1) is 0 Å². The summed E-state index contributed by atoms with van der Waals surface area (Å²) in [4.78, 5) is 11.1. The predicted octanol–water partition coefficient (Wildman–Crippen LogP) is 2.93. The van der Waals surface area contributed by atoms with E-state index < -0.39 is 6.04 Å². The van der Waals surface area contributed by atoms with E-state index in [1.54, 1.807) is 0 Å². The van der Waals surface area contributed by atoms with Crippen molar-refractivity contribution in [3.05, 3.63) is 57.7 Å². The van der Waals surface area contributed by atoms with E-state index >= 15 is 0 Å². The highest BCUT2D eigenvalue weighted by molar-refractivity contribution is 5.32. The highest BCUT2D eigenvalue weighted by Crippen LogP contribution is 2.50. The Balaban J connectivity index is 1.99. The number of nitrogens with zero attached hydrogens (tertiary/aromatic N) is 1. The first-order valence-electron chi connectivity index (χ1n) is 6.05. The fourth-order valence-electron chi connectivity index (χ4n) is 3.32. The molecule has 0 aromatic heterocycles. The number of fused-ring (bicyclic) bond motifs is 2. The van der Waals surface area contributed by atoms with Crippen LogP contribution in [-0.2, 0) is 0 Å². The molecule has 2 bridgehead atoms. The molecule has 1 fully saturated rings. The lowest BCUT2D eigenvalue weighted by molar-refractivity contribution is -0.530. The molecule has 0 N–H and O–H groups in total. The highest BCUT2D eigenvalue weighted by atomic mass is 16.6. The van der Waals surface area contributed by atoms with E-state index in [-0.39, 0.29) is 16.8 Å². The van der Waals surface area contributed by atoms with Crippen molar-refractivity contribution in [2.45, 2.75) is 25.3 Å². The number of hydrogen-bond acceptors (Lipinski definition) is 2. The van der Waals surface area contributed by atoms with E-state index in [1.165, 1.54) is 5.56 Å². The Morgan fingerprint density at radius 3 is 2.47 bits per heavy atom. The molecule has 1 saturated carbocycles. The van der Waals surface area contributed by atoms with E-state index in [0.29, 0.717) is 5.92 Å². The lowest BCUT2D eigenvalue weighted by atomic mass is 9.83. The SMILES string of the molecule is Cc1ccc([C@@H]2[C@@H]([N+](=O)[O-])[C@H]3C=C[C@@H]2C3)cc1. The first-order valence-corrected chi connectivity index (χ1v) is 6.05. The number of allylic oxidation sites excluding steroid dienone is 1. The van der Waals surface area contributed by atoms with Crippen LogP contribution in [0, 0.1) is 28.9 Å². The van der Waals surface area contributed by atoms with Crippen molar-refractivity contribution >= 4 is 0 Å². The van der Waals surface area contributed by atoms with Crippen LogP contribution in [0.2, 0.25) is 0 Å². The van der Waals surface area contributed by atoms with Gasteiger partial charge in [-0.2, -0.15) is 0 Å². The molecule has 0 heterocycles. The Hall–Kier alpha value is -1.64. The maximum atomic E-state index is 11.2. The molecule has 0 amide bonds. The molecule has 0 radical (unpaired) electrons. The zero-order chi connectivity index (χ0) is 12.0. The molecule has 3 rings (SSSR count). The molecular weight excluding hydrogens is 214 g/mol. The van der Waals surface area contributed by atoms with Gasteiger partial charge >= 0.3 is 0 Å². The normalized spacial score (nSPS) is 34.2. The van der Waals surface area contributed by atoms with Crippen molar-refractivity contribution < 1.29 is 4.92 Å². The van der Waals surface area contributed by atoms with Crippen LogP contribution in [0.1, 0.15) is 23.5 Å². The second-order valence-corrected chi connectivity index (χ2v) is 5.16. The van der Waals surface area contributed by atoms with Gasteiger partial charge in [-0.25, -0.2) is 0 Å². The molecule has 4 atom stereocenters. The van der Waals surface area contributed by atoms with Crippen molar-refractivity contribution in [1.29, 1.82) is 0 Å². The number of aryl methyl sites for hydroxylation is 1. The van der Waals surface area contributed by atoms with Crippen LogP contribution >= 0.6 is 0 Å². The molecule has 2 aliphatic rings. The molecule has 17 heavy (non-hydrogen) atoms. The van der Waals surface area contributed by atoms with E-state index in [4.69, 9.17) is 0 Å². The summed E-state index contributed by atoms with van der Waals surface area (Å²) in [5.74, 6) is 0.569. The maximum absolute atomic E-state index is 11.2. The van der Waals surface area contributed by atoms with Gasteiger partial charge in [0.25, 0.3) is 0 Å². The predicted molar refractivity (Wildman–Crippen MR) is 65.4 cm³/mol. The van der Waals surface area contributed by atoms with Crippen molar-refractivity contribution in [3.63, 3.8) is 0 Å². The Kier molecular flexibility index (Phi) is 2.28. The smallest absolute Gasteiger partial charge is 0.226 e. The quantitative estimate of drug-likeness (QED) is 0.444. The van der Waals surface area contributed by atoms with Crippen LogP contribution in [0.3, 0.4) is 0 Å². The van der Waals surface area contributed by atoms with E-state index in [0.717, 1.165) is 12.0 Å². The molecule has 0 spiro atoms. The summed E-state index contributed by atoms with van der Waals surface area (Å²) in [5, 5.41) is 11.2. The minimum Gasteiger partial charge on any atom is -0.264 e. The Labute approximate surface area is 100 Å². The summed E-state index contributed by atoms with van der Waals surface area (Å²) >= 11 is 0. The standard InChI is InChI=1S/C14H15NO2/c1-9-2-4-10(5-3-9)13-11-6-7-12(8-11)14(13)15(16)17/h2-7,11-14H,8H2,1H3/t11-,12+,13+,14+/m1/s1. The van der Waals surface area contributed by atoms with Crippen molar-refractivity contribution in [1.82, 2.24) is 0 Å². The zero-order valence-corrected chi connectivity index (χ0v) is 9.74. The molecule has 2 aliphatic carbocycles. The summed E-state index contributed by atoms with van der Waals surface area (Å²) in [6.07, 6.45) is 5.14. The average Bonchev–Trinajstić information content (AvgIpc) is 2.89. The summed E-state index contributed by atoms with van der Waals surface area (Å²) in [5.41, 5.74) is 2.32. The Morgan fingerprint density at radius 2 is 1.82 bits per heavy atom. The van der Waals surface area contributed by atoms with E-state index in [9.17, 15) is 10.1 Å². The van der Waals surface area contributed by atoms with Gasteiger partial charge in [-0.1, -0.05) is 42.0 Å². The minimum atomic E-state index is -0.423. The van der Waals surface area contributed by atoms with Crippen LogP contribution in [0.4, 0.5) is 0 Å². The van der Waals surface area contributed by atoms with Crippen molar-refractivity contribution in [2.75, 3.05) is 0 Å².